The van der Waals surface area contributed by atoms with Crippen molar-refractivity contribution in [3.8, 4) is 11.3 Å². The Morgan fingerprint density at radius 1 is 1.17 bits per heavy atom. The molecule has 0 radical (unpaired) electrons. The molecule has 2 aromatic carbocycles. The Labute approximate surface area is 144 Å². The lowest BCUT2D eigenvalue weighted by Gasteiger charge is -2.07. The summed E-state index contributed by atoms with van der Waals surface area (Å²) < 4.78 is 32.6. The van der Waals surface area contributed by atoms with Crippen LogP contribution in [0.2, 0.25) is 0 Å². The van der Waals surface area contributed by atoms with Crippen molar-refractivity contribution in [3.63, 3.8) is 0 Å². The summed E-state index contributed by atoms with van der Waals surface area (Å²) in [6, 6.07) is 9.80. The normalized spacial score (nSPS) is 10.7. The molecule has 3 rings (SSSR count). The van der Waals surface area contributed by atoms with Crippen molar-refractivity contribution in [1.82, 2.24) is 5.16 Å². The lowest BCUT2D eigenvalue weighted by Crippen LogP contribution is -2.14. The van der Waals surface area contributed by atoms with Gasteiger partial charge in [-0.3, -0.25) is 4.79 Å². The molecule has 1 amide bonds. The SMILES string of the molecule is Cc1onc(-c2ccc(F)cc2)c1C(=O)Nc1ccc(Br)cc1F. The highest BCUT2D eigenvalue weighted by Crippen LogP contribution is 2.27. The van der Waals surface area contributed by atoms with Crippen LogP contribution in [0.3, 0.4) is 0 Å². The van der Waals surface area contributed by atoms with E-state index in [4.69, 9.17) is 4.52 Å². The summed E-state index contributed by atoms with van der Waals surface area (Å²) >= 11 is 3.15. The number of benzene rings is 2. The van der Waals surface area contributed by atoms with Gasteiger partial charge in [-0.25, -0.2) is 8.78 Å². The largest absolute Gasteiger partial charge is 0.360 e. The number of carbonyl (C=O) groups excluding carboxylic acids is 1. The van der Waals surface area contributed by atoms with Gasteiger partial charge in [-0.1, -0.05) is 21.1 Å². The van der Waals surface area contributed by atoms with Crippen LogP contribution < -0.4 is 5.32 Å². The van der Waals surface area contributed by atoms with Gasteiger partial charge in [0, 0.05) is 10.0 Å². The summed E-state index contributed by atoms with van der Waals surface area (Å²) in [5.41, 5.74) is 0.995. The summed E-state index contributed by atoms with van der Waals surface area (Å²) in [4.78, 5) is 12.5. The van der Waals surface area contributed by atoms with Crippen LogP contribution in [0.25, 0.3) is 11.3 Å². The zero-order chi connectivity index (χ0) is 17.3. The highest BCUT2D eigenvalue weighted by molar-refractivity contribution is 9.10. The minimum atomic E-state index is -0.574. The molecule has 0 aliphatic heterocycles. The summed E-state index contributed by atoms with van der Waals surface area (Å²) in [6.07, 6.45) is 0. The number of aryl methyl sites for hydroxylation is 1. The molecular weight excluding hydrogens is 382 g/mol. The van der Waals surface area contributed by atoms with Gasteiger partial charge in [0.2, 0.25) is 0 Å². The minimum absolute atomic E-state index is 0.0360. The number of amides is 1. The molecule has 0 aliphatic rings. The van der Waals surface area contributed by atoms with E-state index < -0.39 is 17.5 Å². The summed E-state index contributed by atoms with van der Waals surface area (Å²) in [7, 11) is 0. The van der Waals surface area contributed by atoms with Crippen LogP contribution in [0.5, 0.6) is 0 Å². The van der Waals surface area contributed by atoms with E-state index in [1.165, 1.54) is 36.4 Å². The van der Waals surface area contributed by atoms with Gasteiger partial charge < -0.3 is 9.84 Å². The Morgan fingerprint density at radius 2 is 1.88 bits per heavy atom. The first-order valence-corrected chi connectivity index (χ1v) is 7.73. The molecule has 0 aliphatic carbocycles. The van der Waals surface area contributed by atoms with Crippen molar-refractivity contribution >= 4 is 27.5 Å². The highest BCUT2D eigenvalue weighted by atomic mass is 79.9. The number of nitrogens with one attached hydrogen (secondary N) is 1. The average molecular weight is 393 g/mol. The first-order valence-electron chi connectivity index (χ1n) is 6.94. The molecule has 24 heavy (non-hydrogen) atoms. The first kappa shape index (κ1) is 16.3. The van der Waals surface area contributed by atoms with Crippen molar-refractivity contribution in [2.45, 2.75) is 6.92 Å². The monoisotopic (exact) mass is 392 g/mol. The summed E-state index contributed by atoms with van der Waals surface area (Å²) in [5, 5.41) is 6.35. The van der Waals surface area contributed by atoms with E-state index in [2.05, 4.69) is 26.4 Å². The predicted octanol–water partition coefficient (Wildman–Crippen LogP) is 4.94. The molecule has 122 valence electrons. The molecule has 0 saturated carbocycles. The van der Waals surface area contributed by atoms with Gasteiger partial charge in [-0.15, -0.1) is 0 Å². The van der Waals surface area contributed by atoms with E-state index in [0.29, 0.717) is 10.0 Å². The van der Waals surface area contributed by atoms with Crippen molar-refractivity contribution in [1.29, 1.82) is 0 Å². The van der Waals surface area contributed by atoms with Gasteiger partial charge in [0.1, 0.15) is 28.7 Å². The third-order valence-corrected chi connectivity index (χ3v) is 3.88. The second-order valence-corrected chi connectivity index (χ2v) is 5.96. The number of carbonyl (C=O) groups is 1. The van der Waals surface area contributed by atoms with Gasteiger partial charge in [0.15, 0.2) is 0 Å². The molecule has 0 unspecified atom stereocenters. The van der Waals surface area contributed by atoms with E-state index in [1.54, 1.807) is 13.0 Å². The predicted molar refractivity (Wildman–Crippen MR) is 88.7 cm³/mol. The van der Waals surface area contributed by atoms with E-state index in [1.807, 2.05) is 0 Å². The van der Waals surface area contributed by atoms with Crippen LogP contribution in [0, 0.1) is 18.6 Å². The van der Waals surface area contributed by atoms with Crippen molar-refractivity contribution in [2.24, 2.45) is 0 Å². The molecule has 1 heterocycles. The molecule has 1 N–H and O–H groups in total. The van der Waals surface area contributed by atoms with Crippen LogP contribution >= 0.6 is 15.9 Å². The van der Waals surface area contributed by atoms with Crippen LogP contribution in [0.15, 0.2) is 51.5 Å². The number of halogens is 3. The fourth-order valence-corrected chi connectivity index (χ4v) is 2.55. The first-order chi connectivity index (χ1) is 11.5. The quantitative estimate of drug-likeness (QED) is 0.686. The van der Waals surface area contributed by atoms with Crippen molar-refractivity contribution < 1.29 is 18.1 Å². The Kier molecular flexibility index (Phi) is 4.44. The zero-order valence-electron chi connectivity index (χ0n) is 12.4. The van der Waals surface area contributed by atoms with Gasteiger partial charge >= 0.3 is 0 Å². The topological polar surface area (TPSA) is 55.1 Å². The standard InChI is InChI=1S/C17H11BrF2N2O2/c1-9-15(16(22-24-9)10-2-5-12(19)6-3-10)17(23)21-14-7-4-11(18)8-13(14)20/h2-8H,1H3,(H,21,23). The van der Waals surface area contributed by atoms with Crippen molar-refractivity contribution in [3.05, 3.63) is 69.9 Å². The van der Waals surface area contributed by atoms with Gasteiger partial charge in [0.05, 0.1) is 5.69 Å². The minimum Gasteiger partial charge on any atom is -0.360 e. The van der Waals surface area contributed by atoms with E-state index in [9.17, 15) is 13.6 Å². The molecule has 7 heteroatoms. The maximum absolute atomic E-state index is 13.9. The molecule has 1 aromatic heterocycles. The molecule has 0 saturated heterocycles. The molecule has 3 aromatic rings. The third kappa shape index (κ3) is 3.21. The molecule has 0 fully saturated rings. The lowest BCUT2D eigenvalue weighted by atomic mass is 10.1. The van der Waals surface area contributed by atoms with E-state index in [-0.39, 0.29) is 22.7 Å². The average Bonchev–Trinajstić information content (AvgIpc) is 2.92. The van der Waals surface area contributed by atoms with Gasteiger partial charge in [-0.05, 0) is 49.4 Å². The summed E-state index contributed by atoms with van der Waals surface area (Å²) in [5.74, 6) is -1.25. The Morgan fingerprint density at radius 3 is 2.54 bits per heavy atom. The zero-order valence-corrected chi connectivity index (χ0v) is 14.0. The van der Waals surface area contributed by atoms with Gasteiger partial charge in [0.25, 0.3) is 5.91 Å². The Balaban J connectivity index is 1.95. The number of hydrogen-bond donors (Lipinski definition) is 1. The fourth-order valence-electron chi connectivity index (χ4n) is 2.22. The number of hydrogen-bond acceptors (Lipinski definition) is 3. The number of anilines is 1. The molecular formula is C17H11BrF2N2O2. The molecule has 4 nitrogen and oxygen atoms in total. The maximum Gasteiger partial charge on any atom is 0.261 e. The number of rotatable bonds is 3. The number of nitrogens with zero attached hydrogens (tertiary/aromatic N) is 1. The van der Waals surface area contributed by atoms with Crippen LogP contribution in [0.4, 0.5) is 14.5 Å². The Bertz CT molecular complexity index is 907. The third-order valence-electron chi connectivity index (χ3n) is 3.39. The number of aromatic nitrogens is 1. The summed E-state index contributed by atoms with van der Waals surface area (Å²) in [6.45, 7) is 1.58. The maximum atomic E-state index is 13.9. The Hall–Kier alpha value is -2.54. The molecule has 0 atom stereocenters. The van der Waals surface area contributed by atoms with Crippen LogP contribution in [-0.2, 0) is 0 Å². The molecule has 0 spiro atoms. The van der Waals surface area contributed by atoms with Crippen LogP contribution in [0.1, 0.15) is 16.1 Å². The lowest BCUT2D eigenvalue weighted by molar-refractivity contribution is 0.102. The van der Waals surface area contributed by atoms with Gasteiger partial charge in [-0.2, -0.15) is 0 Å². The van der Waals surface area contributed by atoms with E-state index in [0.717, 1.165) is 0 Å². The highest BCUT2D eigenvalue weighted by Gasteiger charge is 2.22. The van der Waals surface area contributed by atoms with Crippen LogP contribution in [-0.4, -0.2) is 11.1 Å². The van der Waals surface area contributed by atoms with Crippen molar-refractivity contribution in [2.75, 3.05) is 5.32 Å². The second-order valence-electron chi connectivity index (χ2n) is 5.05. The van der Waals surface area contributed by atoms with E-state index >= 15 is 0 Å². The smallest absolute Gasteiger partial charge is 0.261 e. The fraction of sp³-hybridized carbons (Fsp3) is 0.0588. The molecule has 0 bridgehead atoms. The second kappa shape index (κ2) is 6.52.